The molecule has 0 aromatic heterocycles. The first-order chi connectivity index (χ1) is 12.6. The lowest BCUT2D eigenvalue weighted by Gasteiger charge is -2.27. The molecule has 0 aliphatic heterocycles. The highest BCUT2D eigenvalue weighted by Crippen LogP contribution is 2.22. The lowest BCUT2D eigenvalue weighted by atomic mass is 10.1. The van der Waals surface area contributed by atoms with E-state index in [4.69, 9.17) is 21.1 Å². The molecule has 2 aromatic rings. The SMILES string of the molecule is CCC(OC(=O)c1ccccc1)C(Cl)C(CC)OC(=O)c1ccccc1. The van der Waals surface area contributed by atoms with Gasteiger partial charge >= 0.3 is 11.9 Å². The smallest absolute Gasteiger partial charge is 0.338 e. The number of carbonyl (C=O) groups is 2. The zero-order valence-corrected chi connectivity index (χ0v) is 15.7. The molecule has 0 radical (unpaired) electrons. The van der Waals surface area contributed by atoms with Gasteiger partial charge in [-0.25, -0.2) is 9.59 Å². The number of benzene rings is 2. The summed E-state index contributed by atoms with van der Waals surface area (Å²) in [5.41, 5.74) is 0.924. The van der Waals surface area contributed by atoms with Crippen LogP contribution in [-0.2, 0) is 9.47 Å². The van der Waals surface area contributed by atoms with Gasteiger partial charge in [-0.15, -0.1) is 11.6 Å². The Morgan fingerprint density at radius 3 is 1.42 bits per heavy atom. The van der Waals surface area contributed by atoms with Crippen molar-refractivity contribution < 1.29 is 19.1 Å². The Hall–Kier alpha value is -2.33. The van der Waals surface area contributed by atoms with Gasteiger partial charge in [-0.3, -0.25) is 0 Å². The van der Waals surface area contributed by atoms with Crippen LogP contribution in [0.4, 0.5) is 0 Å². The highest BCUT2D eigenvalue weighted by Gasteiger charge is 2.31. The van der Waals surface area contributed by atoms with Crippen molar-refractivity contribution in [1.29, 1.82) is 0 Å². The van der Waals surface area contributed by atoms with E-state index in [-0.39, 0.29) is 0 Å². The third-order valence-corrected chi connectivity index (χ3v) is 4.61. The standard InChI is InChI=1S/C21H23ClO4/c1-3-17(25-20(23)15-11-7-5-8-12-15)19(22)18(4-2)26-21(24)16-13-9-6-10-14-16/h5-14,17-19H,3-4H2,1-2H3. The number of ether oxygens (including phenoxy) is 2. The zero-order chi connectivity index (χ0) is 18.9. The summed E-state index contributed by atoms with van der Waals surface area (Å²) in [6.07, 6.45) is -0.0751. The van der Waals surface area contributed by atoms with Gasteiger partial charge in [-0.1, -0.05) is 50.2 Å². The number of carbonyl (C=O) groups excluding carboxylic acids is 2. The van der Waals surface area contributed by atoms with E-state index in [1.807, 2.05) is 26.0 Å². The minimum atomic E-state index is -0.634. The van der Waals surface area contributed by atoms with E-state index in [9.17, 15) is 9.59 Å². The highest BCUT2D eigenvalue weighted by atomic mass is 35.5. The molecule has 0 bridgehead atoms. The Balaban J connectivity index is 2.03. The van der Waals surface area contributed by atoms with E-state index in [1.54, 1.807) is 48.5 Å². The van der Waals surface area contributed by atoms with Crippen molar-refractivity contribution in [1.82, 2.24) is 0 Å². The fourth-order valence-corrected chi connectivity index (χ4v) is 3.01. The molecule has 0 N–H and O–H groups in total. The molecule has 2 unspecified atom stereocenters. The Morgan fingerprint density at radius 2 is 1.12 bits per heavy atom. The Bertz CT molecular complexity index is 641. The summed E-state index contributed by atoms with van der Waals surface area (Å²) in [5.74, 6) is -0.875. The van der Waals surface area contributed by atoms with E-state index in [1.165, 1.54) is 0 Å². The van der Waals surface area contributed by atoms with Gasteiger partial charge in [0, 0.05) is 0 Å². The van der Waals surface area contributed by atoms with E-state index >= 15 is 0 Å². The molecule has 0 amide bonds. The van der Waals surface area contributed by atoms with Gasteiger partial charge < -0.3 is 9.47 Å². The third-order valence-electron chi connectivity index (χ3n) is 4.05. The number of halogens is 1. The highest BCUT2D eigenvalue weighted by molar-refractivity contribution is 6.21. The second-order valence-corrected chi connectivity index (χ2v) is 6.38. The second kappa shape index (κ2) is 9.97. The molecule has 26 heavy (non-hydrogen) atoms. The van der Waals surface area contributed by atoms with Crippen LogP contribution in [-0.4, -0.2) is 29.5 Å². The van der Waals surface area contributed by atoms with Crippen LogP contribution in [0.5, 0.6) is 0 Å². The van der Waals surface area contributed by atoms with E-state index < -0.39 is 29.5 Å². The number of hydrogen-bond acceptors (Lipinski definition) is 4. The van der Waals surface area contributed by atoms with Crippen LogP contribution in [0.25, 0.3) is 0 Å². The van der Waals surface area contributed by atoms with Crippen LogP contribution in [0.1, 0.15) is 47.4 Å². The summed E-state index contributed by atoms with van der Waals surface area (Å²) in [6.45, 7) is 3.76. The van der Waals surface area contributed by atoms with Gasteiger partial charge in [-0.05, 0) is 37.1 Å². The molecule has 5 heteroatoms. The van der Waals surface area contributed by atoms with Crippen molar-refractivity contribution in [2.75, 3.05) is 0 Å². The molecule has 0 aliphatic rings. The minimum absolute atomic E-state index is 0.438. The van der Waals surface area contributed by atoms with Gasteiger partial charge in [0.05, 0.1) is 11.1 Å². The normalized spacial score (nSPS) is 14.1. The fraction of sp³-hybridized carbons (Fsp3) is 0.333. The summed E-state index contributed by atoms with van der Waals surface area (Å²) in [6, 6.07) is 17.5. The molecule has 4 nitrogen and oxygen atoms in total. The van der Waals surface area contributed by atoms with Crippen LogP contribution in [0.2, 0.25) is 0 Å². The van der Waals surface area contributed by atoms with E-state index in [2.05, 4.69) is 0 Å². The lowest BCUT2D eigenvalue weighted by Crippen LogP contribution is -2.38. The molecular weight excluding hydrogens is 352 g/mol. The molecule has 2 rings (SSSR count). The van der Waals surface area contributed by atoms with E-state index in [0.717, 1.165) is 0 Å². The average molecular weight is 375 g/mol. The molecule has 2 atom stereocenters. The predicted octanol–water partition coefficient (Wildman–Crippen LogP) is 4.87. The van der Waals surface area contributed by atoms with Crippen LogP contribution in [0.3, 0.4) is 0 Å². The Labute approximate surface area is 159 Å². The van der Waals surface area contributed by atoms with Crippen molar-refractivity contribution >= 4 is 23.5 Å². The topological polar surface area (TPSA) is 52.6 Å². The van der Waals surface area contributed by atoms with Crippen LogP contribution < -0.4 is 0 Å². The second-order valence-electron chi connectivity index (χ2n) is 5.88. The average Bonchev–Trinajstić information content (AvgIpc) is 2.70. The van der Waals surface area contributed by atoms with Crippen molar-refractivity contribution in [2.24, 2.45) is 0 Å². The van der Waals surface area contributed by atoms with Crippen molar-refractivity contribution in [3.05, 3.63) is 71.8 Å². The number of alkyl halides is 1. The summed E-state index contributed by atoms with van der Waals surface area (Å²) >= 11 is 6.52. The summed E-state index contributed by atoms with van der Waals surface area (Å²) in [4.78, 5) is 24.6. The van der Waals surface area contributed by atoms with Crippen LogP contribution >= 0.6 is 11.6 Å². The molecular formula is C21H23ClO4. The van der Waals surface area contributed by atoms with E-state index in [0.29, 0.717) is 24.0 Å². The largest absolute Gasteiger partial charge is 0.457 e. The van der Waals surface area contributed by atoms with Gasteiger partial charge in [0.1, 0.15) is 17.6 Å². The summed E-state index contributed by atoms with van der Waals surface area (Å²) in [7, 11) is 0. The monoisotopic (exact) mass is 374 g/mol. The first-order valence-corrected chi connectivity index (χ1v) is 9.16. The zero-order valence-electron chi connectivity index (χ0n) is 14.9. The van der Waals surface area contributed by atoms with Gasteiger partial charge in [0.15, 0.2) is 0 Å². The van der Waals surface area contributed by atoms with Crippen LogP contribution in [0, 0.1) is 0 Å². The Kier molecular flexibility index (Phi) is 7.67. The quantitative estimate of drug-likeness (QED) is 0.489. The Morgan fingerprint density at radius 1 is 0.769 bits per heavy atom. The molecule has 0 fully saturated rings. The van der Waals surface area contributed by atoms with Gasteiger partial charge in [-0.2, -0.15) is 0 Å². The maximum absolute atomic E-state index is 12.3. The number of rotatable bonds is 8. The lowest BCUT2D eigenvalue weighted by molar-refractivity contribution is 0.000356. The number of esters is 2. The van der Waals surface area contributed by atoms with Crippen molar-refractivity contribution in [3.8, 4) is 0 Å². The minimum Gasteiger partial charge on any atom is -0.457 e. The molecule has 0 saturated heterocycles. The summed E-state index contributed by atoms with van der Waals surface area (Å²) in [5, 5.41) is -0.634. The van der Waals surface area contributed by atoms with Crippen molar-refractivity contribution in [3.63, 3.8) is 0 Å². The maximum Gasteiger partial charge on any atom is 0.338 e. The predicted molar refractivity (Wildman–Crippen MR) is 102 cm³/mol. The third kappa shape index (κ3) is 5.33. The fourth-order valence-electron chi connectivity index (χ4n) is 2.55. The van der Waals surface area contributed by atoms with Crippen molar-refractivity contribution in [2.45, 2.75) is 44.3 Å². The van der Waals surface area contributed by atoms with Crippen LogP contribution in [0.15, 0.2) is 60.7 Å². The van der Waals surface area contributed by atoms with Gasteiger partial charge in [0.25, 0.3) is 0 Å². The molecule has 0 aliphatic carbocycles. The maximum atomic E-state index is 12.3. The molecule has 0 spiro atoms. The first kappa shape index (κ1) is 20.0. The summed E-state index contributed by atoms with van der Waals surface area (Å²) < 4.78 is 11.1. The number of hydrogen-bond donors (Lipinski definition) is 0. The molecule has 0 saturated carbocycles. The molecule has 138 valence electrons. The molecule has 0 heterocycles. The van der Waals surface area contributed by atoms with Gasteiger partial charge in [0.2, 0.25) is 0 Å². The molecule has 2 aromatic carbocycles. The first-order valence-electron chi connectivity index (χ1n) is 8.72.